The summed E-state index contributed by atoms with van der Waals surface area (Å²) in [5.41, 5.74) is 0.303. The fourth-order valence-electron chi connectivity index (χ4n) is 1.91. The van der Waals surface area contributed by atoms with Gasteiger partial charge in [0.25, 0.3) is 0 Å². The van der Waals surface area contributed by atoms with Gasteiger partial charge >= 0.3 is 6.16 Å². The van der Waals surface area contributed by atoms with E-state index in [2.05, 4.69) is 18.6 Å². The third kappa shape index (κ3) is 3.25. The number of rotatable bonds is 1. The van der Waals surface area contributed by atoms with Crippen LogP contribution in [0.1, 0.15) is 39.5 Å². The fourth-order valence-corrected chi connectivity index (χ4v) is 1.91. The first-order chi connectivity index (χ1) is 6.03. The Labute approximate surface area is 79.4 Å². The molecule has 13 heavy (non-hydrogen) atoms. The summed E-state index contributed by atoms with van der Waals surface area (Å²) >= 11 is 0. The van der Waals surface area contributed by atoms with Crippen molar-refractivity contribution in [2.45, 2.75) is 45.6 Å². The van der Waals surface area contributed by atoms with Gasteiger partial charge in [-0.15, -0.1) is 0 Å². The van der Waals surface area contributed by atoms with Crippen LogP contribution in [0.15, 0.2) is 0 Å². The average Bonchev–Trinajstić information content (AvgIpc) is 2.02. The van der Waals surface area contributed by atoms with Crippen molar-refractivity contribution in [1.29, 1.82) is 0 Å². The lowest BCUT2D eigenvalue weighted by atomic mass is 9.76. The fraction of sp³-hybridized carbons (Fsp3) is 0.900. The van der Waals surface area contributed by atoms with Crippen LogP contribution >= 0.6 is 0 Å². The Hall–Kier alpha value is -0.730. The Balaban J connectivity index is 2.39. The maximum absolute atomic E-state index is 10.8. The molecular formula is C10H18O3. The first-order valence-electron chi connectivity index (χ1n) is 4.78. The van der Waals surface area contributed by atoms with Crippen LogP contribution in [0.3, 0.4) is 0 Å². The molecule has 1 aliphatic carbocycles. The SMILES string of the molecule is COC(=O)OC1CCCC(C)(C)C1. The zero-order valence-corrected chi connectivity index (χ0v) is 8.63. The maximum Gasteiger partial charge on any atom is 0.508 e. The van der Waals surface area contributed by atoms with E-state index < -0.39 is 6.16 Å². The normalized spacial score (nSPS) is 26.5. The number of hydrogen-bond acceptors (Lipinski definition) is 3. The molecule has 0 bridgehead atoms. The predicted molar refractivity (Wildman–Crippen MR) is 49.5 cm³/mol. The van der Waals surface area contributed by atoms with Gasteiger partial charge < -0.3 is 9.47 Å². The molecule has 1 atom stereocenters. The van der Waals surface area contributed by atoms with Crippen molar-refractivity contribution in [1.82, 2.24) is 0 Å². The lowest BCUT2D eigenvalue weighted by Gasteiger charge is -2.34. The van der Waals surface area contributed by atoms with E-state index in [1.165, 1.54) is 13.5 Å². The highest BCUT2D eigenvalue weighted by atomic mass is 16.7. The molecule has 0 radical (unpaired) electrons. The molecule has 0 spiro atoms. The van der Waals surface area contributed by atoms with E-state index in [1.54, 1.807) is 0 Å². The van der Waals surface area contributed by atoms with E-state index in [4.69, 9.17) is 4.74 Å². The van der Waals surface area contributed by atoms with Crippen LogP contribution in [0.2, 0.25) is 0 Å². The van der Waals surface area contributed by atoms with Crippen LogP contribution in [0.5, 0.6) is 0 Å². The van der Waals surface area contributed by atoms with E-state index in [0.29, 0.717) is 5.41 Å². The first-order valence-corrected chi connectivity index (χ1v) is 4.78. The second-order valence-corrected chi connectivity index (χ2v) is 4.45. The van der Waals surface area contributed by atoms with E-state index in [0.717, 1.165) is 19.3 Å². The smallest absolute Gasteiger partial charge is 0.438 e. The summed E-state index contributed by atoms with van der Waals surface area (Å²) < 4.78 is 9.57. The first kappa shape index (κ1) is 10.4. The number of carbonyl (C=O) groups excluding carboxylic acids is 1. The molecular weight excluding hydrogens is 168 g/mol. The van der Waals surface area contributed by atoms with Crippen LogP contribution in [0.4, 0.5) is 4.79 Å². The summed E-state index contributed by atoms with van der Waals surface area (Å²) in [5, 5.41) is 0. The molecule has 0 saturated heterocycles. The summed E-state index contributed by atoms with van der Waals surface area (Å²) in [6.45, 7) is 4.42. The summed E-state index contributed by atoms with van der Waals surface area (Å²) in [6.07, 6.45) is 3.77. The number of carbonyl (C=O) groups is 1. The topological polar surface area (TPSA) is 35.5 Å². The largest absolute Gasteiger partial charge is 0.508 e. The molecule has 0 aromatic rings. The van der Waals surface area contributed by atoms with Crippen LogP contribution in [-0.2, 0) is 9.47 Å². The molecule has 0 aliphatic heterocycles. The van der Waals surface area contributed by atoms with Gasteiger partial charge in [-0.2, -0.15) is 0 Å². The summed E-state index contributed by atoms with van der Waals surface area (Å²) in [4.78, 5) is 10.8. The molecule has 1 aliphatic rings. The summed E-state index contributed by atoms with van der Waals surface area (Å²) in [5.74, 6) is 0. The second kappa shape index (κ2) is 3.99. The zero-order chi connectivity index (χ0) is 9.90. The molecule has 3 heteroatoms. The molecule has 1 saturated carbocycles. The van der Waals surface area contributed by atoms with Crippen LogP contribution in [0, 0.1) is 5.41 Å². The van der Waals surface area contributed by atoms with Crippen molar-refractivity contribution >= 4 is 6.16 Å². The standard InChI is InChI=1S/C10H18O3/c1-10(2)6-4-5-8(7-10)13-9(11)12-3/h8H,4-7H2,1-3H3. The van der Waals surface area contributed by atoms with Crippen molar-refractivity contribution in [3.8, 4) is 0 Å². The van der Waals surface area contributed by atoms with E-state index >= 15 is 0 Å². The number of ether oxygens (including phenoxy) is 2. The molecule has 1 rings (SSSR count). The van der Waals surface area contributed by atoms with E-state index in [9.17, 15) is 4.79 Å². The number of methoxy groups -OCH3 is 1. The van der Waals surface area contributed by atoms with Crippen molar-refractivity contribution in [3.05, 3.63) is 0 Å². The highest BCUT2D eigenvalue weighted by Crippen LogP contribution is 2.36. The van der Waals surface area contributed by atoms with E-state index in [-0.39, 0.29) is 6.10 Å². The minimum atomic E-state index is -0.553. The predicted octanol–water partition coefficient (Wildman–Crippen LogP) is 2.74. The minimum absolute atomic E-state index is 0.0520. The molecule has 0 amide bonds. The van der Waals surface area contributed by atoms with Crippen molar-refractivity contribution in [2.24, 2.45) is 5.41 Å². The van der Waals surface area contributed by atoms with Gasteiger partial charge in [0.2, 0.25) is 0 Å². The Kier molecular flexibility index (Phi) is 3.17. The van der Waals surface area contributed by atoms with Crippen LogP contribution in [0.25, 0.3) is 0 Å². The van der Waals surface area contributed by atoms with Gasteiger partial charge in [0.15, 0.2) is 0 Å². The van der Waals surface area contributed by atoms with Gasteiger partial charge in [-0.1, -0.05) is 13.8 Å². The Morgan fingerprint density at radius 3 is 2.69 bits per heavy atom. The number of hydrogen-bond donors (Lipinski definition) is 0. The molecule has 3 nitrogen and oxygen atoms in total. The van der Waals surface area contributed by atoms with Gasteiger partial charge in [0.1, 0.15) is 6.10 Å². The quantitative estimate of drug-likeness (QED) is 0.591. The Morgan fingerprint density at radius 2 is 2.15 bits per heavy atom. The Morgan fingerprint density at radius 1 is 1.46 bits per heavy atom. The molecule has 0 N–H and O–H groups in total. The monoisotopic (exact) mass is 186 g/mol. The molecule has 1 fully saturated rings. The van der Waals surface area contributed by atoms with Gasteiger partial charge in [0.05, 0.1) is 7.11 Å². The zero-order valence-electron chi connectivity index (χ0n) is 8.63. The molecule has 0 heterocycles. The molecule has 76 valence electrons. The second-order valence-electron chi connectivity index (χ2n) is 4.45. The van der Waals surface area contributed by atoms with Gasteiger partial charge in [0, 0.05) is 0 Å². The summed E-state index contributed by atoms with van der Waals surface area (Å²) in [6, 6.07) is 0. The van der Waals surface area contributed by atoms with Crippen LogP contribution in [-0.4, -0.2) is 19.4 Å². The van der Waals surface area contributed by atoms with Crippen LogP contribution < -0.4 is 0 Å². The molecule has 0 aromatic heterocycles. The van der Waals surface area contributed by atoms with Crippen molar-refractivity contribution < 1.29 is 14.3 Å². The highest BCUT2D eigenvalue weighted by Gasteiger charge is 2.30. The van der Waals surface area contributed by atoms with Crippen molar-refractivity contribution in [2.75, 3.05) is 7.11 Å². The average molecular weight is 186 g/mol. The highest BCUT2D eigenvalue weighted by molar-refractivity contribution is 5.59. The summed E-state index contributed by atoms with van der Waals surface area (Å²) in [7, 11) is 1.34. The lowest BCUT2D eigenvalue weighted by Crippen LogP contribution is -2.30. The lowest BCUT2D eigenvalue weighted by molar-refractivity contribution is 0.000174. The molecule has 0 aromatic carbocycles. The van der Waals surface area contributed by atoms with Crippen molar-refractivity contribution in [3.63, 3.8) is 0 Å². The minimum Gasteiger partial charge on any atom is -0.438 e. The van der Waals surface area contributed by atoms with Gasteiger partial charge in [-0.05, 0) is 31.1 Å². The maximum atomic E-state index is 10.8. The van der Waals surface area contributed by atoms with Gasteiger partial charge in [-0.25, -0.2) is 4.79 Å². The molecule has 1 unspecified atom stereocenters. The third-order valence-corrected chi connectivity index (χ3v) is 2.59. The third-order valence-electron chi connectivity index (χ3n) is 2.59. The Bertz CT molecular complexity index is 187. The van der Waals surface area contributed by atoms with E-state index in [1.807, 2.05) is 0 Å². The van der Waals surface area contributed by atoms with Gasteiger partial charge in [-0.3, -0.25) is 0 Å².